The number of benzene rings is 2. The van der Waals surface area contributed by atoms with Crippen molar-refractivity contribution in [1.29, 1.82) is 0 Å². The smallest absolute Gasteiger partial charge is 0.287 e. The fraction of sp³-hybridized carbons (Fsp3) is 0.240. The summed E-state index contributed by atoms with van der Waals surface area (Å²) in [5.41, 5.74) is 6.16. The number of carbonyl (C=O) groups is 2. The minimum atomic E-state index is -0.426. The van der Waals surface area contributed by atoms with E-state index in [9.17, 15) is 14.0 Å². The van der Waals surface area contributed by atoms with Gasteiger partial charge in [-0.3, -0.25) is 9.59 Å². The van der Waals surface area contributed by atoms with Crippen LogP contribution in [0.1, 0.15) is 56.2 Å². The molecule has 32 heavy (non-hydrogen) atoms. The van der Waals surface area contributed by atoms with Crippen molar-refractivity contribution >= 4 is 17.5 Å². The van der Waals surface area contributed by atoms with Gasteiger partial charge in [0.2, 0.25) is 0 Å². The van der Waals surface area contributed by atoms with Crippen LogP contribution in [0.25, 0.3) is 0 Å². The number of amides is 2. The first-order valence-corrected chi connectivity index (χ1v) is 10.6. The number of halogens is 1. The standard InChI is InChI=1S/C25H24FN3O3/c1-16-22-20(28-29-24(30)18-10-12-19(26)13-11-18)8-5-9-21(22)32-23(16)25(31)27-15-14-17-6-3-2-4-7-17/h2-4,6-7,10-13H,5,8-9,14-15H2,1H3,(H,27,31)(H,29,30)/b28-20+. The third-order valence-corrected chi connectivity index (χ3v) is 5.47. The SMILES string of the molecule is Cc1c(C(=O)NCCc2ccccc2)oc2c1/C(=N/NC(=O)c1ccc(F)cc1)CCC2. The van der Waals surface area contributed by atoms with Crippen LogP contribution in [-0.4, -0.2) is 24.1 Å². The van der Waals surface area contributed by atoms with Crippen molar-refractivity contribution in [3.05, 3.63) is 94.2 Å². The number of hydrogen-bond donors (Lipinski definition) is 2. The molecule has 0 saturated heterocycles. The second-order valence-electron chi connectivity index (χ2n) is 7.71. The Hall–Kier alpha value is -3.74. The summed E-state index contributed by atoms with van der Waals surface area (Å²) in [6, 6.07) is 15.2. The maximum atomic E-state index is 13.1. The number of furan rings is 1. The van der Waals surface area contributed by atoms with Gasteiger partial charge in [0.1, 0.15) is 11.6 Å². The highest BCUT2D eigenvalue weighted by atomic mass is 19.1. The van der Waals surface area contributed by atoms with Crippen molar-refractivity contribution in [2.45, 2.75) is 32.6 Å². The molecule has 4 rings (SSSR count). The zero-order valence-electron chi connectivity index (χ0n) is 17.8. The maximum absolute atomic E-state index is 13.1. The molecule has 2 aromatic carbocycles. The van der Waals surface area contributed by atoms with Crippen molar-refractivity contribution in [2.75, 3.05) is 6.54 Å². The molecule has 0 unspecified atom stereocenters. The largest absolute Gasteiger partial charge is 0.455 e. The lowest BCUT2D eigenvalue weighted by molar-refractivity contribution is 0.0922. The van der Waals surface area contributed by atoms with Crippen LogP contribution in [0.5, 0.6) is 0 Å². The average molecular weight is 433 g/mol. The van der Waals surface area contributed by atoms with Crippen LogP contribution in [0, 0.1) is 12.7 Å². The Morgan fingerprint density at radius 2 is 1.78 bits per heavy atom. The highest BCUT2D eigenvalue weighted by molar-refractivity contribution is 6.07. The lowest BCUT2D eigenvalue weighted by atomic mass is 9.93. The van der Waals surface area contributed by atoms with Gasteiger partial charge >= 0.3 is 0 Å². The summed E-state index contributed by atoms with van der Waals surface area (Å²) in [5, 5.41) is 7.21. The molecule has 1 aliphatic rings. The fourth-order valence-corrected chi connectivity index (χ4v) is 3.83. The van der Waals surface area contributed by atoms with E-state index in [0.717, 1.165) is 24.0 Å². The Balaban J connectivity index is 1.46. The van der Waals surface area contributed by atoms with E-state index in [1.165, 1.54) is 24.3 Å². The molecule has 2 amide bonds. The second-order valence-corrected chi connectivity index (χ2v) is 7.71. The number of nitrogens with one attached hydrogen (secondary N) is 2. The van der Waals surface area contributed by atoms with Gasteiger partial charge < -0.3 is 9.73 Å². The monoisotopic (exact) mass is 433 g/mol. The summed E-state index contributed by atoms with van der Waals surface area (Å²) < 4.78 is 19.0. The molecule has 0 spiro atoms. The number of hydrazone groups is 1. The third-order valence-electron chi connectivity index (χ3n) is 5.47. The van der Waals surface area contributed by atoms with Crippen molar-refractivity contribution < 1.29 is 18.4 Å². The predicted octanol–water partition coefficient (Wildman–Crippen LogP) is 4.17. The lowest BCUT2D eigenvalue weighted by Crippen LogP contribution is -2.26. The summed E-state index contributed by atoms with van der Waals surface area (Å²) in [7, 11) is 0. The van der Waals surface area contributed by atoms with Crippen LogP contribution >= 0.6 is 0 Å². The molecule has 0 atom stereocenters. The van der Waals surface area contributed by atoms with E-state index >= 15 is 0 Å². The fourth-order valence-electron chi connectivity index (χ4n) is 3.83. The molecule has 0 aliphatic heterocycles. The van der Waals surface area contributed by atoms with Gasteiger partial charge in [-0.1, -0.05) is 30.3 Å². The Kier molecular flexibility index (Phi) is 6.44. The minimum Gasteiger partial charge on any atom is -0.455 e. The number of carbonyl (C=O) groups excluding carboxylic acids is 2. The first kappa shape index (κ1) is 21.5. The summed E-state index contributed by atoms with van der Waals surface area (Å²) in [4.78, 5) is 25.0. The van der Waals surface area contributed by atoms with E-state index in [1.54, 1.807) is 0 Å². The molecule has 1 heterocycles. The molecule has 0 saturated carbocycles. The Bertz CT molecular complexity index is 1150. The van der Waals surface area contributed by atoms with Gasteiger partial charge in [-0.25, -0.2) is 9.82 Å². The van der Waals surface area contributed by atoms with Gasteiger partial charge in [-0.15, -0.1) is 0 Å². The molecule has 0 fully saturated rings. The Morgan fingerprint density at radius 1 is 1.03 bits per heavy atom. The first-order valence-electron chi connectivity index (χ1n) is 10.6. The predicted molar refractivity (Wildman–Crippen MR) is 119 cm³/mol. The lowest BCUT2D eigenvalue weighted by Gasteiger charge is -2.13. The number of hydrogen-bond acceptors (Lipinski definition) is 4. The van der Waals surface area contributed by atoms with E-state index in [2.05, 4.69) is 15.8 Å². The van der Waals surface area contributed by atoms with Crippen LogP contribution < -0.4 is 10.7 Å². The van der Waals surface area contributed by atoms with Crippen LogP contribution in [0.15, 0.2) is 64.1 Å². The van der Waals surface area contributed by atoms with E-state index < -0.39 is 11.7 Å². The van der Waals surface area contributed by atoms with E-state index in [4.69, 9.17) is 4.42 Å². The summed E-state index contributed by atoms with van der Waals surface area (Å²) >= 11 is 0. The van der Waals surface area contributed by atoms with E-state index in [0.29, 0.717) is 42.0 Å². The maximum Gasteiger partial charge on any atom is 0.287 e. The van der Waals surface area contributed by atoms with Crippen molar-refractivity contribution in [2.24, 2.45) is 5.10 Å². The van der Waals surface area contributed by atoms with Crippen LogP contribution in [0.3, 0.4) is 0 Å². The number of fused-ring (bicyclic) bond motifs is 1. The van der Waals surface area contributed by atoms with Gasteiger partial charge in [0.15, 0.2) is 5.76 Å². The highest BCUT2D eigenvalue weighted by Crippen LogP contribution is 2.29. The summed E-state index contributed by atoms with van der Waals surface area (Å²) in [5.74, 6) is -0.111. The van der Waals surface area contributed by atoms with Gasteiger partial charge in [0.05, 0.1) is 5.71 Å². The van der Waals surface area contributed by atoms with Crippen molar-refractivity contribution in [3.63, 3.8) is 0 Å². The molecule has 7 heteroatoms. The third kappa shape index (κ3) is 4.77. The zero-order chi connectivity index (χ0) is 22.5. The number of nitrogens with zero attached hydrogens (tertiary/aromatic N) is 1. The van der Waals surface area contributed by atoms with Crippen molar-refractivity contribution in [3.8, 4) is 0 Å². The zero-order valence-corrected chi connectivity index (χ0v) is 17.8. The second kappa shape index (κ2) is 9.60. The molecule has 6 nitrogen and oxygen atoms in total. The molecule has 2 N–H and O–H groups in total. The van der Waals surface area contributed by atoms with Crippen LogP contribution in [-0.2, 0) is 12.8 Å². The molecule has 1 aliphatic carbocycles. The van der Waals surface area contributed by atoms with Gasteiger partial charge in [0, 0.05) is 29.7 Å². The Labute approximate surface area is 185 Å². The van der Waals surface area contributed by atoms with Crippen molar-refractivity contribution in [1.82, 2.24) is 10.7 Å². The molecular weight excluding hydrogens is 409 g/mol. The topological polar surface area (TPSA) is 83.7 Å². The van der Waals surface area contributed by atoms with Gasteiger partial charge in [0.25, 0.3) is 11.8 Å². The van der Waals surface area contributed by atoms with E-state index in [1.807, 2.05) is 37.3 Å². The molecule has 0 bridgehead atoms. The van der Waals surface area contributed by atoms with Gasteiger partial charge in [-0.05, 0) is 56.0 Å². The molecule has 0 radical (unpaired) electrons. The van der Waals surface area contributed by atoms with Crippen LogP contribution in [0.2, 0.25) is 0 Å². The Morgan fingerprint density at radius 3 is 2.53 bits per heavy atom. The van der Waals surface area contributed by atoms with Crippen LogP contribution in [0.4, 0.5) is 4.39 Å². The quantitative estimate of drug-likeness (QED) is 0.573. The molecule has 3 aromatic rings. The molecular formula is C25H24FN3O3. The normalized spacial score (nSPS) is 14.1. The summed E-state index contributed by atoms with van der Waals surface area (Å²) in [6.07, 6.45) is 2.90. The minimum absolute atomic E-state index is 0.262. The van der Waals surface area contributed by atoms with E-state index in [-0.39, 0.29) is 11.7 Å². The summed E-state index contributed by atoms with van der Waals surface area (Å²) in [6.45, 7) is 2.33. The number of rotatable bonds is 6. The average Bonchev–Trinajstić information content (AvgIpc) is 3.16. The molecule has 1 aromatic heterocycles. The number of aryl methyl sites for hydroxylation is 1. The first-order chi connectivity index (χ1) is 15.5. The molecule has 164 valence electrons. The van der Waals surface area contributed by atoms with Gasteiger partial charge in [-0.2, -0.15) is 5.10 Å². The highest BCUT2D eigenvalue weighted by Gasteiger charge is 2.28.